The molecule has 1 atom stereocenters. The monoisotopic (exact) mass is 354 g/mol. The molecule has 26 heavy (non-hydrogen) atoms. The number of piperidine rings is 1. The molecule has 0 spiro atoms. The van der Waals surface area contributed by atoms with Crippen LogP contribution in [0.3, 0.4) is 0 Å². The van der Waals surface area contributed by atoms with E-state index in [2.05, 4.69) is 29.5 Å². The standard InChI is InChI=1S/C20H26N4O2/c1-19(17-6-3-2-4-7-17)16-23(14-15-26-19)18(25)20(8-11-21-12-9-20)24-13-5-10-22-24/h2-7,10,13,21H,8-9,11-12,14-16H2,1H3. The number of rotatable bonds is 3. The average molecular weight is 354 g/mol. The van der Waals surface area contributed by atoms with Crippen molar-refractivity contribution < 1.29 is 9.53 Å². The maximum atomic E-state index is 13.7. The molecular formula is C20H26N4O2. The number of morpholine rings is 1. The van der Waals surface area contributed by atoms with E-state index in [9.17, 15) is 4.79 Å². The molecule has 0 aliphatic carbocycles. The Morgan fingerprint density at radius 3 is 2.65 bits per heavy atom. The minimum Gasteiger partial charge on any atom is -0.367 e. The highest BCUT2D eigenvalue weighted by molar-refractivity contribution is 5.85. The fourth-order valence-corrected chi connectivity index (χ4v) is 4.21. The molecule has 2 fully saturated rings. The van der Waals surface area contributed by atoms with E-state index in [0.717, 1.165) is 31.5 Å². The molecule has 2 aliphatic heterocycles. The van der Waals surface area contributed by atoms with E-state index in [-0.39, 0.29) is 5.91 Å². The van der Waals surface area contributed by atoms with Gasteiger partial charge in [0, 0.05) is 18.9 Å². The van der Waals surface area contributed by atoms with Gasteiger partial charge >= 0.3 is 0 Å². The van der Waals surface area contributed by atoms with Gasteiger partial charge in [0.05, 0.1) is 13.2 Å². The van der Waals surface area contributed by atoms with Crippen molar-refractivity contribution in [1.29, 1.82) is 0 Å². The molecule has 0 saturated carbocycles. The highest BCUT2D eigenvalue weighted by Gasteiger charge is 2.47. The molecule has 6 nitrogen and oxygen atoms in total. The number of hydrogen-bond donors (Lipinski definition) is 1. The van der Waals surface area contributed by atoms with E-state index in [1.54, 1.807) is 6.20 Å². The lowest BCUT2D eigenvalue weighted by Gasteiger charge is -2.45. The number of ether oxygens (including phenoxy) is 1. The lowest BCUT2D eigenvalue weighted by Crippen LogP contribution is -2.60. The second-order valence-electron chi connectivity index (χ2n) is 7.40. The number of aromatic nitrogens is 2. The van der Waals surface area contributed by atoms with Crippen molar-refractivity contribution in [3.8, 4) is 0 Å². The van der Waals surface area contributed by atoms with Gasteiger partial charge in [-0.15, -0.1) is 0 Å². The Hall–Kier alpha value is -2.18. The summed E-state index contributed by atoms with van der Waals surface area (Å²) in [5.41, 5.74) is 0.0350. The zero-order valence-electron chi connectivity index (χ0n) is 15.2. The number of hydrogen-bond acceptors (Lipinski definition) is 4. The fraction of sp³-hybridized carbons (Fsp3) is 0.500. The van der Waals surface area contributed by atoms with Crippen LogP contribution in [0.4, 0.5) is 0 Å². The van der Waals surface area contributed by atoms with Gasteiger partial charge < -0.3 is 15.0 Å². The van der Waals surface area contributed by atoms with E-state index >= 15 is 0 Å². The van der Waals surface area contributed by atoms with Crippen LogP contribution in [0.2, 0.25) is 0 Å². The van der Waals surface area contributed by atoms with Gasteiger partial charge in [0.25, 0.3) is 5.91 Å². The van der Waals surface area contributed by atoms with Crippen LogP contribution >= 0.6 is 0 Å². The molecule has 1 aromatic carbocycles. The molecule has 6 heteroatoms. The molecule has 138 valence electrons. The molecule has 3 heterocycles. The topological polar surface area (TPSA) is 59.4 Å². The van der Waals surface area contributed by atoms with Gasteiger partial charge in [-0.2, -0.15) is 5.10 Å². The van der Waals surface area contributed by atoms with Crippen LogP contribution in [-0.2, 0) is 20.7 Å². The third-order valence-electron chi connectivity index (χ3n) is 5.72. The number of nitrogens with zero attached hydrogens (tertiary/aromatic N) is 3. The molecule has 0 radical (unpaired) electrons. The molecule has 2 aliphatic rings. The first kappa shape index (κ1) is 17.2. The summed E-state index contributed by atoms with van der Waals surface area (Å²) in [5, 5.41) is 7.80. The van der Waals surface area contributed by atoms with Crippen LogP contribution in [0.25, 0.3) is 0 Å². The maximum Gasteiger partial charge on any atom is 0.250 e. The number of carbonyl (C=O) groups is 1. The van der Waals surface area contributed by atoms with Gasteiger partial charge in [-0.05, 0) is 44.5 Å². The summed E-state index contributed by atoms with van der Waals surface area (Å²) in [7, 11) is 0. The van der Waals surface area contributed by atoms with Crippen molar-refractivity contribution in [1.82, 2.24) is 20.0 Å². The first-order valence-corrected chi connectivity index (χ1v) is 9.34. The largest absolute Gasteiger partial charge is 0.367 e. The Balaban J connectivity index is 1.62. The smallest absolute Gasteiger partial charge is 0.250 e. The van der Waals surface area contributed by atoms with Gasteiger partial charge in [0.1, 0.15) is 11.1 Å². The van der Waals surface area contributed by atoms with Gasteiger partial charge in [-0.3, -0.25) is 9.48 Å². The number of benzene rings is 1. The lowest BCUT2D eigenvalue weighted by molar-refractivity contribution is -0.160. The third kappa shape index (κ3) is 2.93. The molecule has 4 rings (SSSR count). The van der Waals surface area contributed by atoms with E-state index in [4.69, 9.17) is 4.74 Å². The highest BCUT2D eigenvalue weighted by atomic mass is 16.5. The van der Waals surface area contributed by atoms with Crippen molar-refractivity contribution in [3.05, 3.63) is 54.4 Å². The second kappa shape index (κ2) is 6.85. The van der Waals surface area contributed by atoms with E-state index in [1.807, 2.05) is 40.0 Å². The summed E-state index contributed by atoms with van der Waals surface area (Å²) in [4.78, 5) is 15.7. The molecule has 2 saturated heterocycles. The molecule has 1 N–H and O–H groups in total. The number of amides is 1. The van der Waals surface area contributed by atoms with Crippen LogP contribution in [0.1, 0.15) is 25.3 Å². The molecule has 1 unspecified atom stereocenters. The summed E-state index contributed by atoms with van der Waals surface area (Å²) < 4.78 is 7.98. The number of nitrogens with one attached hydrogen (secondary N) is 1. The zero-order chi connectivity index (χ0) is 18.0. The van der Waals surface area contributed by atoms with Crippen molar-refractivity contribution >= 4 is 5.91 Å². The predicted octanol–water partition coefficient (Wildman–Crippen LogP) is 1.74. The van der Waals surface area contributed by atoms with Crippen LogP contribution in [-0.4, -0.2) is 53.4 Å². The Kier molecular flexibility index (Phi) is 4.54. The molecule has 1 aromatic heterocycles. The van der Waals surface area contributed by atoms with E-state index < -0.39 is 11.1 Å². The zero-order valence-corrected chi connectivity index (χ0v) is 15.2. The lowest BCUT2D eigenvalue weighted by atomic mass is 9.85. The van der Waals surface area contributed by atoms with Gasteiger partial charge in [-0.25, -0.2) is 0 Å². The fourth-order valence-electron chi connectivity index (χ4n) is 4.21. The first-order chi connectivity index (χ1) is 12.6. The summed E-state index contributed by atoms with van der Waals surface area (Å²) in [6.45, 7) is 5.46. The van der Waals surface area contributed by atoms with Gasteiger partial charge in [0.2, 0.25) is 0 Å². The minimum absolute atomic E-state index is 0.160. The summed E-state index contributed by atoms with van der Waals surface area (Å²) in [6.07, 6.45) is 5.18. The molecule has 0 bridgehead atoms. The van der Waals surface area contributed by atoms with Gasteiger partial charge in [0.15, 0.2) is 0 Å². The highest BCUT2D eigenvalue weighted by Crippen LogP contribution is 2.34. The summed E-state index contributed by atoms with van der Waals surface area (Å²) in [5.74, 6) is 0.160. The molecule has 1 amide bonds. The average Bonchev–Trinajstić information content (AvgIpc) is 3.24. The SMILES string of the molecule is CC1(c2ccccc2)CN(C(=O)C2(n3cccn3)CCNCC2)CCO1. The van der Waals surface area contributed by atoms with Crippen LogP contribution in [0.5, 0.6) is 0 Å². The minimum atomic E-state index is -0.594. The predicted molar refractivity (Wildman–Crippen MR) is 98.6 cm³/mol. The Morgan fingerprint density at radius 1 is 1.19 bits per heavy atom. The van der Waals surface area contributed by atoms with Crippen molar-refractivity contribution in [2.45, 2.75) is 30.9 Å². The van der Waals surface area contributed by atoms with Crippen LogP contribution < -0.4 is 5.32 Å². The Labute approximate surface area is 154 Å². The molecular weight excluding hydrogens is 328 g/mol. The number of carbonyl (C=O) groups excluding carboxylic acids is 1. The Bertz CT molecular complexity index is 740. The van der Waals surface area contributed by atoms with Gasteiger partial charge in [-0.1, -0.05) is 30.3 Å². The van der Waals surface area contributed by atoms with Crippen molar-refractivity contribution in [2.24, 2.45) is 0 Å². The normalized spacial score (nSPS) is 25.8. The van der Waals surface area contributed by atoms with Crippen molar-refractivity contribution in [2.75, 3.05) is 32.8 Å². The quantitative estimate of drug-likeness (QED) is 0.912. The van der Waals surface area contributed by atoms with E-state index in [1.165, 1.54) is 0 Å². The first-order valence-electron chi connectivity index (χ1n) is 9.34. The third-order valence-corrected chi connectivity index (χ3v) is 5.72. The summed E-state index contributed by atoms with van der Waals surface area (Å²) in [6, 6.07) is 12.1. The maximum absolute atomic E-state index is 13.7. The van der Waals surface area contributed by atoms with Crippen LogP contribution in [0.15, 0.2) is 48.8 Å². The summed E-state index contributed by atoms with van der Waals surface area (Å²) >= 11 is 0. The second-order valence-corrected chi connectivity index (χ2v) is 7.40. The van der Waals surface area contributed by atoms with Crippen LogP contribution in [0, 0.1) is 0 Å². The van der Waals surface area contributed by atoms with Crippen molar-refractivity contribution in [3.63, 3.8) is 0 Å². The molecule has 2 aromatic rings. The van der Waals surface area contributed by atoms with E-state index in [0.29, 0.717) is 19.7 Å². The Morgan fingerprint density at radius 2 is 1.96 bits per heavy atom.